The van der Waals surface area contributed by atoms with E-state index >= 15 is 0 Å². The number of pyridine rings is 1. The topological polar surface area (TPSA) is 79.3 Å². The van der Waals surface area contributed by atoms with Crippen molar-refractivity contribution in [2.45, 2.75) is 45.3 Å². The lowest BCUT2D eigenvalue weighted by molar-refractivity contribution is 0.0914. The summed E-state index contributed by atoms with van der Waals surface area (Å²) in [6.07, 6.45) is 6.49. The molecular weight excluding hydrogens is 358 g/mol. The van der Waals surface area contributed by atoms with Gasteiger partial charge in [-0.1, -0.05) is 6.07 Å². The predicted octanol–water partition coefficient (Wildman–Crippen LogP) is 2.25. The van der Waals surface area contributed by atoms with Crippen molar-refractivity contribution >= 4 is 12.1 Å². The number of piperazine rings is 1. The van der Waals surface area contributed by atoms with Gasteiger partial charge in [0.05, 0.1) is 6.61 Å². The standard InChI is InChI=1S/C20H31N5O3/c1-3-27-20(26)25-13-11-24(12-14-25)19(21-2)23-15-16-7-6-10-22-18(16)28-17-8-4-5-9-17/h6-7,10,17H,3-5,8-9,11-15H2,1-2H3,(H,21,23). The third-order valence-electron chi connectivity index (χ3n) is 5.18. The van der Waals surface area contributed by atoms with Crippen LogP contribution in [0, 0.1) is 0 Å². The van der Waals surface area contributed by atoms with Crippen LogP contribution in [-0.4, -0.2) is 72.8 Å². The molecule has 3 rings (SSSR count). The van der Waals surface area contributed by atoms with Gasteiger partial charge < -0.3 is 24.6 Å². The van der Waals surface area contributed by atoms with Crippen molar-refractivity contribution in [3.63, 3.8) is 0 Å². The molecule has 0 unspecified atom stereocenters. The van der Waals surface area contributed by atoms with Gasteiger partial charge in [-0.3, -0.25) is 4.99 Å². The minimum absolute atomic E-state index is 0.242. The highest BCUT2D eigenvalue weighted by molar-refractivity contribution is 5.80. The van der Waals surface area contributed by atoms with E-state index in [-0.39, 0.29) is 12.2 Å². The molecule has 0 radical (unpaired) electrons. The Morgan fingerprint density at radius 2 is 1.96 bits per heavy atom. The summed E-state index contributed by atoms with van der Waals surface area (Å²) >= 11 is 0. The number of ether oxygens (including phenoxy) is 2. The van der Waals surface area contributed by atoms with E-state index < -0.39 is 0 Å². The predicted molar refractivity (Wildman–Crippen MR) is 107 cm³/mol. The highest BCUT2D eigenvalue weighted by Gasteiger charge is 2.24. The van der Waals surface area contributed by atoms with Crippen LogP contribution in [0.5, 0.6) is 5.88 Å². The van der Waals surface area contributed by atoms with Crippen molar-refractivity contribution in [1.29, 1.82) is 0 Å². The molecule has 28 heavy (non-hydrogen) atoms. The van der Waals surface area contributed by atoms with Crippen LogP contribution in [0.15, 0.2) is 23.3 Å². The Bertz CT molecular complexity index is 668. The van der Waals surface area contributed by atoms with Crippen LogP contribution in [0.25, 0.3) is 0 Å². The first-order valence-electron chi connectivity index (χ1n) is 10.2. The minimum atomic E-state index is -0.242. The Balaban J connectivity index is 1.53. The number of hydrogen-bond acceptors (Lipinski definition) is 5. The highest BCUT2D eigenvalue weighted by atomic mass is 16.6. The van der Waals surface area contributed by atoms with E-state index in [4.69, 9.17) is 9.47 Å². The lowest BCUT2D eigenvalue weighted by atomic mass is 10.2. The van der Waals surface area contributed by atoms with Crippen molar-refractivity contribution in [2.75, 3.05) is 39.8 Å². The van der Waals surface area contributed by atoms with Gasteiger partial charge in [-0.25, -0.2) is 9.78 Å². The number of aliphatic imine (C=N–C) groups is 1. The fourth-order valence-electron chi connectivity index (χ4n) is 3.65. The molecule has 1 aliphatic heterocycles. The zero-order valence-corrected chi connectivity index (χ0v) is 16.9. The summed E-state index contributed by atoms with van der Waals surface area (Å²) in [5.74, 6) is 1.53. The summed E-state index contributed by atoms with van der Waals surface area (Å²) in [5, 5.41) is 3.41. The smallest absolute Gasteiger partial charge is 0.409 e. The van der Waals surface area contributed by atoms with E-state index in [1.165, 1.54) is 12.8 Å². The lowest BCUT2D eigenvalue weighted by Gasteiger charge is -2.35. The van der Waals surface area contributed by atoms with E-state index in [9.17, 15) is 4.79 Å². The maximum Gasteiger partial charge on any atom is 0.409 e. The quantitative estimate of drug-likeness (QED) is 0.615. The van der Waals surface area contributed by atoms with E-state index in [1.807, 2.05) is 19.1 Å². The fourth-order valence-corrected chi connectivity index (χ4v) is 3.65. The summed E-state index contributed by atoms with van der Waals surface area (Å²) in [6, 6.07) is 3.97. The molecule has 1 aromatic heterocycles. The molecule has 0 aromatic carbocycles. The number of nitrogens with one attached hydrogen (secondary N) is 1. The molecule has 0 spiro atoms. The van der Waals surface area contributed by atoms with Crippen LogP contribution in [0.3, 0.4) is 0 Å². The van der Waals surface area contributed by atoms with Gasteiger partial charge in [-0.05, 0) is 38.7 Å². The third kappa shape index (κ3) is 5.27. The van der Waals surface area contributed by atoms with Crippen molar-refractivity contribution in [3.05, 3.63) is 23.9 Å². The van der Waals surface area contributed by atoms with Crippen LogP contribution in [0.1, 0.15) is 38.2 Å². The molecular formula is C20H31N5O3. The van der Waals surface area contributed by atoms with Gasteiger partial charge in [0.1, 0.15) is 6.10 Å². The molecule has 1 N–H and O–H groups in total. The third-order valence-corrected chi connectivity index (χ3v) is 5.18. The zero-order chi connectivity index (χ0) is 19.8. The van der Waals surface area contributed by atoms with Gasteiger partial charge in [0.25, 0.3) is 0 Å². The molecule has 2 heterocycles. The number of carbonyl (C=O) groups is 1. The molecule has 0 bridgehead atoms. The van der Waals surface area contributed by atoms with Gasteiger partial charge in [0.15, 0.2) is 5.96 Å². The van der Waals surface area contributed by atoms with E-state index in [1.54, 1.807) is 18.1 Å². The Hall–Kier alpha value is -2.51. The first-order valence-corrected chi connectivity index (χ1v) is 10.2. The zero-order valence-electron chi connectivity index (χ0n) is 16.9. The van der Waals surface area contributed by atoms with Gasteiger partial charge >= 0.3 is 6.09 Å². The molecule has 0 atom stereocenters. The van der Waals surface area contributed by atoms with Gasteiger partial charge in [-0.15, -0.1) is 0 Å². The average molecular weight is 390 g/mol. The number of guanidine groups is 1. The van der Waals surface area contributed by atoms with Crippen LogP contribution in [0.4, 0.5) is 4.79 Å². The normalized spacial score (nSPS) is 18.3. The Labute approximate surface area is 166 Å². The molecule has 8 heteroatoms. The monoisotopic (exact) mass is 389 g/mol. The van der Waals surface area contributed by atoms with Crippen LogP contribution < -0.4 is 10.1 Å². The first kappa shape index (κ1) is 20.2. The molecule has 1 aromatic rings. The van der Waals surface area contributed by atoms with Crippen molar-refractivity contribution < 1.29 is 14.3 Å². The van der Waals surface area contributed by atoms with Crippen LogP contribution in [0.2, 0.25) is 0 Å². The molecule has 8 nitrogen and oxygen atoms in total. The summed E-state index contributed by atoms with van der Waals surface area (Å²) in [5.41, 5.74) is 1.03. The van der Waals surface area contributed by atoms with Gasteiger partial charge in [0, 0.05) is 51.5 Å². The van der Waals surface area contributed by atoms with Crippen molar-refractivity contribution in [1.82, 2.24) is 20.1 Å². The Morgan fingerprint density at radius 1 is 1.25 bits per heavy atom. The van der Waals surface area contributed by atoms with Crippen LogP contribution in [-0.2, 0) is 11.3 Å². The van der Waals surface area contributed by atoms with E-state index in [0.717, 1.165) is 37.5 Å². The Morgan fingerprint density at radius 3 is 2.64 bits per heavy atom. The SMILES string of the molecule is CCOC(=O)N1CCN(C(=NC)NCc2cccnc2OC2CCCC2)CC1. The van der Waals surface area contributed by atoms with Gasteiger partial charge in [0.2, 0.25) is 5.88 Å². The molecule has 1 saturated carbocycles. The summed E-state index contributed by atoms with van der Waals surface area (Å²) in [4.78, 5) is 24.6. The fraction of sp³-hybridized carbons (Fsp3) is 0.650. The lowest BCUT2D eigenvalue weighted by Crippen LogP contribution is -2.53. The molecule has 1 aliphatic carbocycles. The summed E-state index contributed by atoms with van der Waals surface area (Å²) in [7, 11) is 1.78. The number of hydrogen-bond donors (Lipinski definition) is 1. The molecule has 1 saturated heterocycles. The number of rotatable bonds is 5. The second-order valence-corrected chi connectivity index (χ2v) is 7.07. The van der Waals surface area contributed by atoms with Crippen molar-refractivity contribution in [3.8, 4) is 5.88 Å². The van der Waals surface area contributed by atoms with E-state index in [2.05, 4.69) is 20.2 Å². The van der Waals surface area contributed by atoms with E-state index in [0.29, 0.717) is 32.1 Å². The summed E-state index contributed by atoms with van der Waals surface area (Å²) < 4.78 is 11.2. The minimum Gasteiger partial charge on any atom is -0.474 e. The first-order chi connectivity index (χ1) is 13.7. The summed E-state index contributed by atoms with van der Waals surface area (Å²) in [6.45, 7) is 5.52. The van der Waals surface area contributed by atoms with Crippen molar-refractivity contribution in [2.24, 2.45) is 4.99 Å². The second kappa shape index (κ2) is 10.1. The molecule has 1 amide bonds. The number of amides is 1. The Kier molecular flexibility index (Phi) is 7.33. The van der Waals surface area contributed by atoms with Crippen LogP contribution >= 0.6 is 0 Å². The maximum atomic E-state index is 11.9. The largest absolute Gasteiger partial charge is 0.474 e. The maximum absolute atomic E-state index is 11.9. The van der Waals surface area contributed by atoms with Gasteiger partial charge in [-0.2, -0.15) is 0 Å². The number of carbonyl (C=O) groups excluding carboxylic acids is 1. The number of aromatic nitrogens is 1. The molecule has 2 fully saturated rings. The highest BCUT2D eigenvalue weighted by Crippen LogP contribution is 2.25. The molecule has 154 valence electrons. The average Bonchev–Trinajstić information content (AvgIpc) is 3.23. The number of nitrogens with zero attached hydrogens (tertiary/aromatic N) is 4. The molecule has 2 aliphatic rings. The second-order valence-electron chi connectivity index (χ2n) is 7.07.